The van der Waals surface area contributed by atoms with Crippen molar-refractivity contribution >= 4 is 23.1 Å². The van der Waals surface area contributed by atoms with Crippen LogP contribution in [0.1, 0.15) is 6.92 Å². The van der Waals surface area contributed by atoms with Gasteiger partial charge in [0.15, 0.2) is 0 Å². The molecule has 0 aromatic rings. The summed E-state index contributed by atoms with van der Waals surface area (Å²) in [6.07, 6.45) is 3.54. The lowest BCUT2D eigenvalue weighted by molar-refractivity contribution is 1.44. The molecule has 0 heterocycles. The fourth-order valence-electron chi connectivity index (χ4n) is 0.192. The molecule has 0 aromatic heterocycles. The number of nitrogens with zero attached hydrogens (tertiary/aromatic N) is 2. The lowest BCUT2D eigenvalue weighted by Gasteiger charge is -1.85. The maximum Gasteiger partial charge on any atom is 0.110 e. The zero-order valence-corrected chi connectivity index (χ0v) is 6.20. The van der Waals surface area contributed by atoms with Gasteiger partial charge in [0.1, 0.15) is 6.34 Å². The fourth-order valence-corrected chi connectivity index (χ4v) is 0.344. The SMILES string of the molecule is CN=CN=C(C)SC. The van der Waals surface area contributed by atoms with Crippen molar-refractivity contribution in [2.45, 2.75) is 6.92 Å². The molecule has 0 unspecified atom stereocenters. The van der Waals surface area contributed by atoms with Crippen LogP contribution in [0, 0.1) is 0 Å². The Morgan fingerprint density at radius 3 is 2.62 bits per heavy atom. The molecule has 0 saturated heterocycles. The quantitative estimate of drug-likeness (QED) is 0.389. The van der Waals surface area contributed by atoms with Crippen molar-refractivity contribution in [3.05, 3.63) is 0 Å². The van der Waals surface area contributed by atoms with E-state index in [4.69, 9.17) is 0 Å². The molecule has 0 amide bonds. The van der Waals surface area contributed by atoms with Gasteiger partial charge in [0.25, 0.3) is 0 Å². The molecular formula is C5H10N2S. The van der Waals surface area contributed by atoms with Crippen LogP contribution in [0.25, 0.3) is 0 Å². The average molecular weight is 130 g/mol. The van der Waals surface area contributed by atoms with Crippen molar-refractivity contribution < 1.29 is 0 Å². The predicted octanol–water partition coefficient (Wildman–Crippen LogP) is 1.43. The van der Waals surface area contributed by atoms with Gasteiger partial charge in [0.2, 0.25) is 0 Å². The van der Waals surface area contributed by atoms with Crippen molar-refractivity contribution in [3.63, 3.8) is 0 Å². The normalized spacial score (nSPS) is 13.1. The van der Waals surface area contributed by atoms with Crippen molar-refractivity contribution in [2.24, 2.45) is 9.98 Å². The van der Waals surface area contributed by atoms with Gasteiger partial charge < -0.3 is 0 Å². The molecule has 0 bridgehead atoms. The molecule has 0 saturated carbocycles. The first-order valence-electron chi connectivity index (χ1n) is 2.30. The Morgan fingerprint density at radius 2 is 2.25 bits per heavy atom. The van der Waals surface area contributed by atoms with Crippen LogP contribution >= 0.6 is 11.8 Å². The van der Waals surface area contributed by atoms with Crippen LogP contribution in [-0.2, 0) is 0 Å². The Morgan fingerprint density at radius 1 is 1.62 bits per heavy atom. The highest BCUT2D eigenvalue weighted by Gasteiger charge is 1.78. The molecule has 0 fully saturated rings. The minimum atomic E-state index is 1.04. The largest absolute Gasteiger partial charge is 0.277 e. The molecule has 0 aliphatic carbocycles. The van der Waals surface area contributed by atoms with E-state index in [0.29, 0.717) is 0 Å². The van der Waals surface area contributed by atoms with Crippen LogP contribution in [0.15, 0.2) is 9.98 Å². The molecule has 0 radical (unpaired) electrons. The summed E-state index contributed by atoms with van der Waals surface area (Å²) < 4.78 is 0. The Balaban J connectivity index is 3.57. The number of rotatable bonds is 1. The van der Waals surface area contributed by atoms with E-state index in [1.807, 2.05) is 13.2 Å². The molecule has 0 spiro atoms. The van der Waals surface area contributed by atoms with Crippen molar-refractivity contribution in [1.29, 1.82) is 0 Å². The standard InChI is InChI=1S/C5H10N2S/c1-5(8-3)7-4-6-2/h4H,1-3H3. The highest BCUT2D eigenvalue weighted by molar-refractivity contribution is 8.13. The average Bonchev–Trinajstić information content (AvgIpc) is 1.83. The molecular weight excluding hydrogens is 120 g/mol. The summed E-state index contributed by atoms with van der Waals surface area (Å²) in [5.74, 6) is 0. The summed E-state index contributed by atoms with van der Waals surface area (Å²) in [5, 5.41) is 1.04. The maximum atomic E-state index is 3.95. The second-order valence-electron chi connectivity index (χ2n) is 1.23. The van der Waals surface area contributed by atoms with E-state index in [0.717, 1.165) is 5.04 Å². The van der Waals surface area contributed by atoms with E-state index in [-0.39, 0.29) is 0 Å². The van der Waals surface area contributed by atoms with E-state index in [2.05, 4.69) is 9.98 Å². The first-order chi connectivity index (χ1) is 3.81. The third kappa shape index (κ3) is 3.87. The first-order valence-corrected chi connectivity index (χ1v) is 3.52. The molecule has 0 rings (SSSR count). The molecule has 3 heteroatoms. The summed E-state index contributed by atoms with van der Waals surface area (Å²) in [6.45, 7) is 1.95. The first kappa shape index (κ1) is 7.69. The lowest BCUT2D eigenvalue weighted by atomic mass is 10.9. The third-order valence-electron chi connectivity index (χ3n) is 0.650. The summed E-state index contributed by atoms with van der Waals surface area (Å²) in [6, 6.07) is 0. The van der Waals surface area contributed by atoms with E-state index in [9.17, 15) is 0 Å². The molecule has 0 N–H and O–H groups in total. The maximum absolute atomic E-state index is 3.95. The zero-order valence-electron chi connectivity index (χ0n) is 5.38. The molecule has 0 aliphatic heterocycles. The van der Waals surface area contributed by atoms with Gasteiger partial charge >= 0.3 is 0 Å². The van der Waals surface area contributed by atoms with Gasteiger partial charge in [-0.1, -0.05) is 0 Å². The second kappa shape index (κ2) is 4.84. The van der Waals surface area contributed by atoms with E-state index in [1.54, 1.807) is 25.1 Å². The van der Waals surface area contributed by atoms with Crippen LogP contribution in [-0.4, -0.2) is 24.7 Å². The fraction of sp³-hybridized carbons (Fsp3) is 0.600. The highest BCUT2D eigenvalue weighted by atomic mass is 32.2. The van der Waals surface area contributed by atoms with Crippen LogP contribution < -0.4 is 0 Å². The zero-order chi connectivity index (χ0) is 6.41. The molecule has 0 atom stereocenters. The van der Waals surface area contributed by atoms with E-state index >= 15 is 0 Å². The Labute approximate surface area is 54.1 Å². The predicted molar refractivity (Wildman–Crippen MR) is 41.0 cm³/mol. The number of hydrogen-bond donors (Lipinski definition) is 0. The van der Waals surface area contributed by atoms with Gasteiger partial charge in [0.05, 0.1) is 5.04 Å². The third-order valence-corrected chi connectivity index (χ3v) is 1.35. The summed E-state index contributed by atoms with van der Waals surface area (Å²) in [5.41, 5.74) is 0. The Hall–Kier alpha value is -0.310. The van der Waals surface area contributed by atoms with Crippen LogP contribution in [0.2, 0.25) is 0 Å². The number of aliphatic imine (C=N–C) groups is 2. The van der Waals surface area contributed by atoms with Crippen LogP contribution in [0.3, 0.4) is 0 Å². The Kier molecular flexibility index (Phi) is 4.65. The van der Waals surface area contributed by atoms with Gasteiger partial charge in [-0.05, 0) is 13.2 Å². The van der Waals surface area contributed by atoms with Gasteiger partial charge in [-0.3, -0.25) is 4.99 Å². The van der Waals surface area contributed by atoms with Gasteiger partial charge in [0, 0.05) is 7.05 Å². The molecule has 46 valence electrons. The molecule has 0 aliphatic rings. The minimum Gasteiger partial charge on any atom is -0.277 e. The van der Waals surface area contributed by atoms with E-state index < -0.39 is 0 Å². The number of hydrogen-bond acceptors (Lipinski definition) is 2. The Bertz CT molecular complexity index is 107. The van der Waals surface area contributed by atoms with Gasteiger partial charge in [-0.25, -0.2) is 4.99 Å². The van der Waals surface area contributed by atoms with Gasteiger partial charge in [-0.15, -0.1) is 11.8 Å². The van der Waals surface area contributed by atoms with Crippen LogP contribution in [0.5, 0.6) is 0 Å². The smallest absolute Gasteiger partial charge is 0.110 e. The lowest BCUT2D eigenvalue weighted by Crippen LogP contribution is -1.79. The van der Waals surface area contributed by atoms with Gasteiger partial charge in [-0.2, -0.15) is 0 Å². The monoisotopic (exact) mass is 130 g/mol. The molecule has 8 heavy (non-hydrogen) atoms. The summed E-state index contributed by atoms with van der Waals surface area (Å²) in [4.78, 5) is 7.65. The van der Waals surface area contributed by atoms with Crippen molar-refractivity contribution in [2.75, 3.05) is 13.3 Å². The minimum absolute atomic E-state index is 1.04. The van der Waals surface area contributed by atoms with Crippen LogP contribution in [0.4, 0.5) is 0 Å². The van der Waals surface area contributed by atoms with E-state index in [1.165, 1.54) is 0 Å². The van der Waals surface area contributed by atoms with Crippen molar-refractivity contribution in [1.82, 2.24) is 0 Å². The summed E-state index contributed by atoms with van der Waals surface area (Å²) in [7, 11) is 1.71. The second-order valence-corrected chi connectivity index (χ2v) is 2.22. The highest BCUT2D eigenvalue weighted by Crippen LogP contribution is 1.93. The van der Waals surface area contributed by atoms with Crippen molar-refractivity contribution in [3.8, 4) is 0 Å². The molecule has 0 aromatic carbocycles. The number of thioether (sulfide) groups is 1. The summed E-state index contributed by atoms with van der Waals surface area (Å²) >= 11 is 1.62. The molecule has 2 nitrogen and oxygen atoms in total. The topological polar surface area (TPSA) is 24.7 Å².